The Bertz CT molecular complexity index is 974. The maximum atomic E-state index is 12.8. The van der Waals surface area contributed by atoms with Crippen LogP contribution in [-0.4, -0.2) is 38.5 Å². The van der Waals surface area contributed by atoms with Crippen molar-refractivity contribution >= 4 is 23.2 Å². The number of aromatic carboxylic acids is 1. The van der Waals surface area contributed by atoms with Gasteiger partial charge in [-0.05, 0) is 42.8 Å². The van der Waals surface area contributed by atoms with Crippen LogP contribution in [0, 0.1) is 6.92 Å². The second-order valence-electron chi connectivity index (χ2n) is 6.15. The quantitative estimate of drug-likeness (QED) is 0.748. The number of amides is 1. The zero-order valence-corrected chi connectivity index (χ0v) is 15.6. The Balaban J connectivity index is 1.95. The number of hydrogen-bond donors (Lipinski definition) is 1. The van der Waals surface area contributed by atoms with E-state index in [0.29, 0.717) is 17.7 Å². The van der Waals surface area contributed by atoms with Crippen LogP contribution < -0.4 is 0 Å². The van der Waals surface area contributed by atoms with Crippen LogP contribution in [0.4, 0.5) is 0 Å². The molecule has 6 nitrogen and oxygen atoms in total. The van der Waals surface area contributed by atoms with Gasteiger partial charge in [0.05, 0.1) is 12.1 Å². The number of hydrogen-bond acceptors (Lipinski definition) is 4. The average molecular weight is 369 g/mol. The summed E-state index contributed by atoms with van der Waals surface area (Å²) in [5.74, 6) is -1.30. The molecule has 2 aromatic heterocycles. The molecule has 134 valence electrons. The molecule has 26 heavy (non-hydrogen) atoms. The summed E-state index contributed by atoms with van der Waals surface area (Å²) in [7, 11) is 3.57. The van der Waals surface area contributed by atoms with Gasteiger partial charge in [0.25, 0.3) is 5.91 Å². The molecule has 3 aromatic rings. The number of carboxylic acids is 1. The lowest BCUT2D eigenvalue weighted by atomic mass is 10.0. The third-order valence-electron chi connectivity index (χ3n) is 4.05. The highest BCUT2D eigenvalue weighted by Crippen LogP contribution is 2.24. The third kappa shape index (κ3) is 3.67. The van der Waals surface area contributed by atoms with Crippen molar-refractivity contribution in [2.24, 2.45) is 7.05 Å². The number of carbonyl (C=O) groups is 2. The summed E-state index contributed by atoms with van der Waals surface area (Å²) >= 11 is 1.50. The number of nitrogens with zero attached hydrogens (tertiary/aromatic N) is 3. The molecule has 0 aliphatic carbocycles. The van der Waals surface area contributed by atoms with E-state index in [1.54, 1.807) is 24.1 Å². The molecular weight excluding hydrogens is 350 g/mol. The van der Waals surface area contributed by atoms with Crippen LogP contribution in [0.3, 0.4) is 0 Å². The first kappa shape index (κ1) is 17.9. The minimum atomic E-state index is -1.06. The maximum Gasteiger partial charge on any atom is 0.335 e. The Hall–Kier alpha value is -2.93. The minimum Gasteiger partial charge on any atom is -0.478 e. The van der Waals surface area contributed by atoms with E-state index in [4.69, 9.17) is 0 Å². The van der Waals surface area contributed by atoms with Gasteiger partial charge in [0.1, 0.15) is 5.01 Å². The largest absolute Gasteiger partial charge is 0.478 e. The van der Waals surface area contributed by atoms with Crippen LogP contribution in [0.5, 0.6) is 0 Å². The Morgan fingerprint density at radius 1 is 1.27 bits per heavy atom. The Morgan fingerprint density at radius 3 is 2.58 bits per heavy atom. The normalized spacial score (nSPS) is 10.7. The van der Waals surface area contributed by atoms with Crippen molar-refractivity contribution in [2.45, 2.75) is 13.5 Å². The molecule has 0 saturated carbocycles. The summed E-state index contributed by atoms with van der Waals surface area (Å²) in [5.41, 5.74) is 2.90. The van der Waals surface area contributed by atoms with Crippen molar-refractivity contribution in [1.29, 1.82) is 0 Å². The van der Waals surface area contributed by atoms with Crippen molar-refractivity contribution in [3.63, 3.8) is 0 Å². The molecule has 0 aliphatic rings. The lowest BCUT2D eigenvalue weighted by molar-refractivity contribution is 0.0697. The van der Waals surface area contributed by atoms with E-state index < -0.39 is 5.97 Å². The molecule has 3 rings (SSSR count). The van der Waals surface area contributed by atoms with Gasteiger partial charge in [-0.3, -0.25) is 4.79 Å². The maximum absolute atomic E-state index is 12.8. The molecule has 0 fully saturated rings. The average Bonchev–Trinajstić information content (AvgIpc) is 3.21. The van der Waals surface area contributed by atoms with Gasteiger partial charge in [-0.15, -0.1) is 11.3 Å². The van der Waals surface area contributed by atoms with Gasteiger partial charge in [0, 0.05) is 42.6 Å². The van der Waals surface area contributed by atoms with Gasteiger partial charge in [-0.25, -0.2) is 9.78 Å². The SMILES string of the molecule is Cc1csc(CN(C)C(=O)c2cc(C(=O)O)cc(-c3cccn3C)c2)n1. The lowest BCUT2D eigenvalue weighted by Crippen LogP contribution is -2.26. The van der Waals surface area contributed by atoms with Gasteiger partial charge in [-0.1, -0.05) is 0 Å². The molecule has 0 unspecified atom stereocenters. The molecule has 0 bridgehead atoms. The fraction of sp³-hybridized carbons (Fsp3) is 0.211. The van der Waals surface area contributed by atoms with Gasteiger partial charge in [0.2, 0.25) is 0 Å². The Morgan fingerprint density at radius 2 is 2.00 bits per heavy atom. The smallest absolute Gasteiger partial charge is 0.335 e. The standard InChI is InChI=1S/C19H19N3O3S/c1-12-11-26-17(20-12)10-22(3)18(23)14-7-13(8-15(9-14)19(24)25)16-5-4-6-21(16)2/h4-9,11H,10H2,1-3H3,(H,24,25). The summed E-state index contributed by atoms with van der Waals surface area (Å²) in [6.07, 6.45) is 1.88. The van der Waals surface area contributed by atoms with Crippen LogP contribution in [0.1, 0.15) is 31.4 Å². The zero-order valence-electron chi connectivity index (χ0n) is 14.8. The minimum absolute atomic E-state index is 0.0885. The number of aryl methyl sites for hydroxylation is 2. The second-order valence-corrected chi connectivity index (χ2v) is 7.10. The molecule has 1 N–H and O–H groups in total. The number of thiazole rings is 1. The molecule has 7 heteroatoms. The predicted molar refractivity (Wildman–Crippen MR) is 100 cm³/mol. The van der Waals surface area contributed by atoms with E-state index in [1.165, 1.54) is 17.4 Å². The lowest BCUT2D eigenvalue weighted by Gasteiger charge is -2.17. The van der Waals surface area contributed by atoms with Gasteiger partial charge in [0.15, 0.2) is 0 Å². The molecule has 0 aliphatic heterocycles. The van der Waals surface area contributed by atoms with Crippen LogP contribution in [0.15, 0.2) is 41.9 Å². The van der Waals surface area contributed by atoms with Crippen LogP contribution in [-0.2, 0) is 13.6 Å². The second kappa shape index (κ2) is 7.13. The summed E-state index contributed by atoms with van der Waals surface area (Å²) < 4.78 is 1.89. The number of benzene rings is 1. The Labute approximate surface area is 155 Å². The number of aromatic nitrogens is 2. The fourth-order valence-electron chi connectivity index (χ4n) is 2.75. The van der Waals surface area contributed by atoms with Crippen LogP contribution in [0.2, 0.25) is 0 Å². The molecule has 1 aromatic carbocycles. The fourth-order valence-corrected chi connectivity index (χ4v) is 3.58. The predicted octanol–water partition coefficient (Wildman–Crippen LogP) is 3.43. The molecule has 0 atom stereocenters. The molecule has 2 heterocycles. The van der Waals surface area contributed by atoms with Crippen molar-refractivity contribution in [3.8, 4) is 11.3 Å². The van der Waals surface area contributed by atoms with Gasteiger partial charge >= 0.3 is 5.97 Å². The first-order valence-electron chi connectivity index (χ1n) is 8.01. The molecule has 0 spiro atoms. The van der Waals surface area contributed by atoms with E-state index in [9.17, 15) is 14.7 Å². The van der Waals surface area contributed by atoms with Crippen LogP contribution in [0.25, 0.3) is 11.3 Å². The monoisotopic (exact) mass is 369 g/mol. The van der Waals surface area contributed by atoms with Crippen molar-refractivity contribution in [3.05, 3.63) is 63.7 Å². The summed E-state index contributed by atoms with van der Waals surface area (Å²) in [5, 5.41) is 12.2. The van der Waals surface area contributed by atoms with Crippen LogP contribution >= 0.6 is 11.3 Å². The van der Waals surface area contributed by atoms with Crippen molar-refractivity contribution in [2.75, 3.05) is 7.05 Å². The molecular formula is C19H19N3O3S. The third-order valence-corrected chi connectivity index (χ3v) is 5.00. The van der Waals surface area contributed by atoms with Gasteiger partial charge < -0.3 is 14.6 Å². The topological polar surface area (TPSA) is 75.4 Å². The van der Waals surface area contributed by atoms with E-state index in [2.05, 4.69) is 4.98 Å². The van der Waals surface area contributed by atoms with Gasteiger partial charge in [-0.2, -0.15) is 0 Å². The first-order chi connectivity index (χ1) is 12.3. The molecule has 0 saturated heterocycles. The molecule has 0 radical (unpaired) electrons. The number of carboxylic acid groups (broad SMARTS) is 1. The summed E-state index contributed by atoms with van der Waals surface area (Å²) in [4.78, 5) is 30.3. The number of rotatable bonds is 5. The Kier molecular flexibility index (Phi) is 4.90. The van der Waals surface area contributed by atoms with Crippen molar-refractivity contribution < 1.29 is 14.7 Å². The highest BCUT2D eigenvalue weighted by molar-refractivity contribution is 7.09. The number of carbonyl (C=O) groups excluding carboxylic acids is 1. The summed E-state index contributed by atoms with van der Waals surface area (Å²) in [6, 6.07) is 8.49. The van der Waals surface area contributed by atoms with E-state index in [1.807, 2.05) is 42.2 Å². The zero-order chi connectivity index (χ0) is 18.8. The first-order valence-corrected chi connectivity index (χ1v) is 8.89. The highest BCUT2D eigenvalue weighted by Gasteiger charge is 2.18. The van der Waals surface area contributed by atoms with E-state index in [0.717, 1.165) is 16.4 Å². The van der Waals surface area contributed by atoms with E-state index in [-0.39, 0.29) is 11.5 Å². The van der Waals surface area contributed by atoms with Crippen molar-refractivity contribution in [1.82, 2.24) is 14.5 Å². The summed E-state index contributed by atoms with van der Waals surface area (Å²) in [6.45, 7) is 2.29. The molecule has 1 amide bonds. The highest BCUT2D eigenvalue weighted by atomic mass is 32.1. The van der Waals surface area contributed by atoms with E-state index >= 15 is 0 Å².